The van der Waals surface area contributed by atoms with Gasteiger partial charge in [-0.15, -0.1) is 0 Å². The van der Waals surface area contributed by atoms with Crippen molar-refractivity contribution >= 4 is 22.6 Å². The molecule has 2 heteroatoms. The maximum absolute atomic E-state index is 3.90. The van der Waals surface area contributed by atoms with Crippen LogP contribution in [0.5, 0.6) is 0 Å². The molecule has 7 heavy (non-hydrogen) atoms. The maximum atomic E-state index is 3.90. The molecule has 0 spiro atoms. The zero-order valence-corrected chi connectivity index (χ0v) is 6.47. The first-order chi connectivity index (χ1) is 3.41. The van der Waals surface area contributed by atoms with Crippen LogP contribution in [0.25, 0.3) is 4.85 Å². The molecule has 0 saturated carbocycles. The van der Waals surface area contributed by atoms with E-state index in [1.165, 1.54) is 0 Å². The Labute approximate surface area is 58.1 Å². The van der Waals surface area contributed by atoms with Crippen LogP contribution in [-0.2, 0) is 0 Å². The lowest BCUT2D eigenvalue weighted by Gasteiger charge is -1.57. The van der Waals surface area contributed by atoms with Crippen molar-refractivity contribution in [1.29, 1.82) is 0 Å². The monoisotopic (exact) mass is 209 g/mol. The second-order valence-corrected chi connectivity index (χ2v) is 1.74. The van der Waals surface area contributed by atoms with Crippen molar-refractivity contribution in [2.75, 3.05) is 6.54 Å². The first-order valence-corrected chi connectivity index (χ1v) is 3.50. The van der Waals surface area contributed by atoms with Crippen molar-refractivity contribution in [3.8, 4) is 6.07 Å². The van der Waals surface area contributed by atoms with Crippen LogP contribution in [0.2, 0.25) is 0 Å². The quantitative estimate of drug-likeness (QED) is 0.461. The maximum Gasteiger partial charge on any atom is 0.506 e. The molecule has 0 radical (unpaired) electrons. The highest BCUT2D eigenvalue weighted by Crippen LogP contribution is 1.85. The average molecular weight is 209 g/mol. The molecule has 0 aliphatic heterocycles. The molecule has 0 fully saturated rings. The third kappa shape index (κ3) is 6.09. The highest BCUT2D eigenvalue weighted by molar-refractivity contribution is 14.1. The molecule has 0 bridgehead atoms. The van der Waals surface area contributed by atoms with E-state index < -0.39 is 0 Å². The van der Waals surface area contributed by atoms with Crippen molar-refractivity contribution in [3.05, 3.63) is 9.27 Å². The zero-order valence-electron chi connectivity index (χ0n) is 4.32. The van der Waals surface area contributed by atoms with E-state index in [1.54, 1.807) is 4.43 Å². The van der Waals surface area contributed by atoms with Gasteiger partial charge < -0.3 is 0 Å². The molecule has 0 amide bonds. The van der Waals surface area contributed by atoms with Crippen molar-refractivity contribution in [2.24, 2.45) is 0 Å². The Bertz CT molecular complexity index is 79.8. The molecule has 0 heterocycles. The Morgan fingerprint density at radius 1 is 1.86 bits per heavy atom. The van der Waals surface area contributed by atoms with Gasteiger partial charge in [0, 0.05) is 6.42 Å². The van der Waals surface area contributed by atoms with Gasteiger partial charge in [-0.1, -0.05) is 6.92 Å². The Morgan fingerprint density at radius 2 is 2.57 bits per heavy atom. The van der Waals surface area contributed by atoms with Crippen molar-refractivity contribution in [1.82, 2.24) is 0 Å². The summed E-state index contributed by atoms with van der Waals surface area (Å²) in [7, 11) is 0. The molecule has 0 unspecified atom stereocenters. The van der Waals surface area contributed by atoms with E-state index in [0.717, 1.165) is 13.0 Å². The highest BCUT2D eigenvalue weighted by Gasteiger charge is 1.91. The van der Waals surface area contributed by atoms with Crippen LogP contribution >= 0.6 is 22.6 Å². The third-order valence-corrected chi connectivity index (χ3v) is 0.754. The number of halogens is 1. The average Bonchev–Trinajstić information content (AvgIpc) is 1.69. The lowest BCUT2D eigenvalue weighted by Crippen LogP contribution is -1.65. The standard InChI is InChI=1S/C5H8IN/c1-2-4-7-5-3-6/h3H,2,4H2,1H3/q+2. The summed E-state index contributed by atoms with van der Waals surface area (Å²) in [5.74, 6) is 0. The largest absolute Gasteiger partial charge is 0.506 e. The van der Waals surface area contributed by atoms with Gasteiger partial charge in [0.1, 0.15) is 0 Å². The smallest absolute Gasteiger partial charge is 0.0581 e. The van der Waals surface area contributed by atoms with Gasteiger partial charge in [0.15, 0.2) is 0 Å². The molecule has 0 aromatic heterocycles. The van der Waals surface area contributed by atoms with Crippen LogP contribution in [-0.4, -0.2) is 6.54 Å². The fourth-order valence-corrected chi connectivity index (χ4v) is 0.408. The van der Waals surface area contributed by atoms with E-state index in [9.17, 15) is 0 Å². The van der Waals surface area contributed by atoms with Crippen LogP contribution < -0.4 is 0 Å². The zero-order chi connectivity index (χ0) is 5.54. The Hall–Kier alpha value is 0.0900. The molecular weight excluding hydrogens is 201 g/mol. The molecule has 0 rings (SSSR count). The number of hydrogen-bond donors (Lipinski definition) is 0. The van der Waals surface area contributed by atoms with Crippen molar-refractivity contribution in [2.45, 2.75) is 13.3 Å². The summed E-state index contributed by atoms with van der Waals surface area (Å²) in [5.41, 5.74) is 0. The molecule has 0 aromatic carbocycles. The lowest BCUT2D eigenvalue weighted by atomic mass is 10.5. The van der Waals surface area contributed by atoms with Crippen molar-refractivity contribution < 1.29 is 0 Å². The fourth-order valence-electron chi connectivity index (χ4n) is 0.211. The number of nitrogens with zero attached hydrogens (tertiary/aromatic N) is 1. The Morgan fingerprint density at radius 3 is 3.00 bits per heavy atom. The summed E-state index contributed by atoms with van der Waals surface area (Å²) in [6.45, 7) is 3.00. The summed E-state index contributed by atoms with van der Waals surface area (Å²) in [5, 5.41) is 0. The molecule has 0 saturated heterocycles. The molecule has 38 valence electrons. The first kappa shape index (κ1) is 7.09. The Balaban J connectivity index is 2.91. The minimum atomic E-state index is 0.902. The van der Waals surface area contributed by atoms with Gasteiger partial charge in [-0.2, -0.15) is 0 Å². The van der Waals surface area contributed by atoms with Gasteiger partial charge in [-0.05, 0) is 4.85 Å². The van der Waals surface area contributed by atoms with Crippen LogP contribution in [0.3, 0.4) is 0 Å². The van der Waals surface area contributed by atoms with Crippen molar-refractivity contribution in [3.63, 3.8) is 0 Å². The molecule has 0 aliphatic carbocycles. The number of hydrogen-bond acceptors (Lipinski definition) is 0. The van der Waals surface area contributed by atoms with Gasteiger partial charge in [-0.25, -0.2) is 0 Å². The van der Waals surface area contributed by atoms with Gasteiger partial charge in [0.2, 0.25) is 22.6 Å². The minimum absolute atomic E-state index is 0.902. The van der Waals surface area contributed by atoms with Crippen LogP contribution in [0, 0.1) is 10.5 Å². The van der Waals surface area contributed by atoms with Gasteiger partial charge in [0.25, 0.3) is 6.54 Å². The van der Waals surface area contributed by atoms with E-state index in [4.69, 9.17) is 0 Å². The molecule has 0 aliphatic rings. The predicted octanol–water partition coefficient (Wildman–Crippen LogP) is 2.33. The van der Waals surface area contributed by atoms with Crippen LogP contribution in [0.4, 0.5) is 0 Å². The lowest BCUT2D eigenvalue weighted by molar-refractivity contribution is 1.03. The summed E-state index contributed by atoms with van der Waals surface area (Å²) in [6, 6.07) is 2.74. The SMILES string of the molecule is CCC[N+]#C[CH+]I. The number of rotatable bonds is 1. The minimum Gasteiger partial charge on any atom is -0.0581 e. The van der Waals surface area contributed by atoms with Gasteiger partial charge in [-0.3, -0.25) is 0 Å². The topological polar surface area (TPSA) is 4.36 Å². The van der Waals surface area contributed by atoms with Crippen LogP contribution in [0.1, 0.15) is 13.3 Å². The van der Waals surface area contributed by atoms with E-state index in [0.29, 0.717) is 0 Å². The second-order valence-electron chi connectivity index (χ2n) is 1.12. The van der Waals surface area contributed by atoms with Gasteiger partial charge in [0.05, 0.1) is 0 Å². The summed E-state index contributed by atoms with van der Waals surface area (Å²) >= 11 is 2.10. The summed E-state index contributed by atoms with van der Waals surface area (Å²) < 4.78 is 1.79. The third-order valence-electron chi connectivity index (χ3n) is 0.475. The van der Waals surface area contributed by atoms with Crippen LogP contribution in [0.15, 0.2) is 0 Å². The van der Waals surface area contributed by atoms with E-state index in [-0.39, 0.29) is 0 Å². The predicted molar refractivity (Wildman–Crippen MR) is 40.7 cm³/mol. The summed E-state index contributed by atoms with van der Waals surface area (Å²) in [6.07, 6.45) is 1.11. The Kier molecular flexibility index (Phi) is 6.17. The van der Waals surface area contributed by atoms with Gasteiger partial charge >= 0.3 is 10.5 Å². The van der Waals surface area contributed by atoms with E-state index in [2.05, 4.69) is 40.4 Å². The summed E-state index contributed by atoms with van der Waals surface area (Å²) in [4.78, 5) is 3.90. The first-order valence-electron chi connectivity index (χ1n) is 2.25. The molecule has 0 aromatic rings. The van der Waals surface area contributed by atoms with E-state index in [1.807, 2.05) is 0 Å². The normalized spacial score (nSPS) is 6.57. The fraction of sp³-hybridized carbons (Fsp3) is 0.600. The van der Waals surface area contributed by atoms with E-state index >= 15 is 0 Å². The molecule has 1 nitrogen and oxygen atoms in total. The molecule has 0 atom stereocenters. The molecular formula is C5H8IN+2. The second kappa shape index (κ2) is 6.09. The highest BCUT2D eigenvalue weighted by atomic mass is 127. The molecule has 0 N–H and O–H groups in total.